The molecule has 0 unspecified atom stereocenters. The van der Waals surface area contributed by atoms with Crippen LogP contribution in [-0.2, 0) is 21.2 Å². The molecule has 20 heavy (non-hydrogen) atoms. The van der Waals surface area contributed by atoms with Crippen molar-refractivity contribution in [1.82, 2.24) is 4.72 Å². The molecule has 5 nitrogen and oxygen atoms in total. The highest BCUT2D eigenvalue weighted by molar-refractivity contribution is 7.90. The summed E-state index contributed by atoms with van der Waals surface area (Å²) in [5, 5.41) is 8.98. The molecule has 0 radical (unpaired) electrons. The molecule has 0 spiro atoms. The molecule has 6 heteroatoms. The predicted molar refractivity (Wildman–Crippen MR) is 76.9 cm³/mol. The van der Waals surface area contributed by atoms with Gasteiger partial charge in [-0.15, -0.1) is 0 Å². The standard InChI is InChI=1S/C14H21NO4S/c16-11-13(10-12-4-2-1-3-5-12)15-20(17,18)14-6-8-19-9-7-14/h1-5,13-16H,6-11H2/t13-/m1/s1. The van der Waals surface area contributed by atoms with Gasteiger partial charge in [-0.25, -0.2) is 13.1 Å². The summed E-state index contributed by atoms with van der Waals surface area (Å²) in [6.07, 6.45) is 1.51. The molecule has 1 atom stereocenters. The minimum Gasteiger partial charge on any atom is -0.395 e. The second-order valence-electron chi connectivity index (χ2n) is 5.04. The average molecular weight is 299 g/mol. The number of aliphatic hydroxyl groups excluding tert-OH is 1. The van der Waals surface area contributed by atoms with Gasteiger partial charge in [-0.1, -0.05) is 30.3 Å². The fraction of sp³-hybridized carbons (Fsp3) is 0.571. The Morgan fingerprint density at radius 3 is 2.50 bits per heavy atom. The summed E-state index contributed by atoms with van der Waals surface area (Å²) in [5.74, 6) is 0. The fourth-order valence-electron chi connectivity index (χ4n) is 2.36. The van der Waals surface area contributed by atoms with E-state index in [0.29, 0.717) is 32.5 Å². The molecule has 0 saturated carbocycles. The van der Waals surface area contributed by atoms with E-state index in [4.69, 9.17) is 4.74 Å². The maximum atomic E-state index is 12.3. The van der Waals surface area contributed by atoms with Crippen molar-refractivity contribution in [1.29, 1.82) is 0 Å². The first-order valence-electron chi connectivity index (χ1n) is 6.85. The lowest BCUT2D eigenvalue weighted by molar-refractivity contribution is 0.0980. The van der Waals surface area contributed by atoms with Gasteiger partial charge in [-0.3, -0.25) is 0 Å². The molecule has 1 aliphatic heterocycles. The lowest BCUT2D eigenvalue weighted by atomic mass is 10.1. The van der Waals surface area contributed by atoms with Crippen LogP contribution in [0.25, 0.3) is 0 Å². The van der Waals surface area contributed by atoms with Crippen LogP contribution in [0.2, 0.25) is 0 Å². The number of hydrogen-bond acceptors (Lipinski definition) is 4. The van der Waals surface area contributed by atoms with Gasteiger partial charge in [-0.05, 0) is 24.8 Å². The molecule has 1 heterocycles. The smallest absolute Gasteiger partial charge is 0.214 e. The summed E-state index contributed by atoms with van der Waals surface area (Å²) in [5.41, 5.74) is 1.00. The Morgan fingerprint density at radius 1 is 1.25 bits per heavy atom. The number of rotatable bonds is 6. The molecule has 0 aromatic heterocycles. The Hall–Kier alpha value is -0.950. The van der Waals surface area contributed by atoms with Gasteiger partial charge in [0.15, 0.2) is 0 Å². The fourth-order valence-corrected chi connectivity index (χ4v) is 3.98. The Morgan fingerprint density at radius 2 is 1.90 bits per heavy atom. The first-order valence-corrected chi connectivity index (χ1v) is 8.40. The van der Waals surface area contributed by atoms with E-state index < -0.39 is 21.3 Å². The number of nitrogens with one attached hydrogen (secondary N) is 1. The van der Waals surface area contributed by atoms with E-state index in [2.05, 4.69) is 4.72 Å². The molecule has 0 amide bonds. The molecule has 1 aromatic carbocycles. The van der Waals surface area contributed by atoms with Crippen LogP contribution in [0.3, 0.4) is 0 Å². The van der Waals surface area contributed by atoms with Crippen molar-refractivity contribution >= 4 is 10.0 Å². The normalized spacial score (nSPS) is 18.9. The number of hydrogen-bond donors (Lipinski definition) is 2. The maximum Gasteiger partial charge on any atom is 0.214 e. The second kappa shape index (κ2) is 7.17. The third-order valence-corrected chi connectivity index (χ3v) is 5.49. The largest absolute Gasteiger partial charge is 0.395 e. The van der Waals surface area contributed by atoms with Crippen LogP contribution in [0.15, 0.2) is 30.3 Å². The molecule has 0 bridgehead atoms. The zero-order chi connectivity index (χ0) is 14.4. The van der Waals surface area contributed by atoms with Crippen LogP contribution in [0.1, 0.15) is 18.4 Å². The minimum absolute atomic E-state index is 0.211. The molecule has 2 rings (SSSR count). The van der Waals surface area contributed by atoms with Gasteiger partial charge in [0.25, 0.3) is 0 Å². The monoisotopic (exact) mass is 299 g/mol. The number of aliphatic hydroxyl groups is 1. The molecule has 1 aromatic rings. The third-order valence-electron chi connectivity index (χ3n) is 3.48. The summed E-state index contributed by atoms with van der Waals surface area (Å²) in [6, 6.07) is 9.07. The zero-order valence-corrected chi connectivity index (χ0v) is 12.2. The van der Waals surface area contributed by atoms with Crippen molar-refractivity contribution in [3.8, 4) is 0 Å². The number of ether oxygens (including phenoxy) is 1. The van der Waals surface area contributed by atoms with Gasteiger partial charge in [0.05, 0.1) is 11.9 Å². The highest BCUT2D eigenvalue weighted by atomic mass is 32.2. The van der Waals surface area contributed by atoms with E-state index in [9.17, 15) is 13.5 Å². The molecule has 2 N–H and O–H groups in total. The van der Waals surface area contributed by atoms with Gasteiger partial charge in [0.2, 0.25) is 10.0 Å². The van der Waals surface area contributed by atoms with Crippen molar-refractivity contribution in [2.24, 2.45) is 0 Å². The number of benzene rings is 1. The minimum atomic E-state index is -3.40. The second-order valence-corrected chi connectivity index (χ2v) is 7.04. The van der Waals surface area contributed by atoms with Gasteiger partial charge in [0.1, 0.15) is 0 Å². The Labute approximate surface area is 120 Å². The molecule has 1 aliphatic rings. The molecule has 1 saturated heterocycles. The van der Waals surface area contributed by atoms with Crippen molar-refractivity contribution < 1.29 is 18.3 Å². The van der Waals surface area contributed by atoms with Crippen LogP contribution >= 0.6 is 0 Å². The highest BCUT2D eigenvalue weighted by Gasteiger charge is 2.29. The molecule has 112 valence electrons. The van der Waals surface area contributed by atoms with Crippen LogP contribution in [0.5, 0.6) is 0 Å². The Bertz CT molecular complexity index is 497. The van der Waals surface area contributed by atoms with Crippen molar-refractivity contribution in [2.45, 2.75) is 30.6 Å². The van der Waals surface area contributed by atoms with Crippen molar-refractivity contribution in [3.05, 3.63) is 35.9 Å². The molecular formula is C14H21NO4S. The maximum absolute atomic E-state index is 12.3. The predicted octanol–water partition coefficient (Wildman–Crippen LogP) is 0.688. The van der Waals surface area contributed by atoms with Gasteiger partial charge < -0.3 is 9.84 Å². The summed E-state index contributed by atoms with van der Waals surface area (Å²) in [4.78, 5) is 0. The van der Waals surface area contributed by atoms with E-state index in [1.54, 1.807) is 0 Å². The zero-order valence-electron chi connectivity index (χ0n) is 11.4. The topological polar surface area (TPSA) is 75.6 Å². The average Bonchev–Trinajstić information content (AvgIpc) is 2.48. The van der Waals surface area contributed by atoms with Crippen LogP contribution in [0, 0.1) is 0 Å². The summed E-state index contributed by atoms with van der Waals surface area (Å²) in [6.45, 7) is 0.749. The summed E-state index contributed by atoms with van der Waals surface area (Å²) < 4.78 is 32.3. The SMILES string of the molecule is O=S(=O)(N[C@@H](CO)Cc1ccccc1)C1CCOCC1. The first-order chi connectivity index (χ1) is 9.62. The summed E-state index contributed by atoms with van der Waals surface area (Å²) >= 11 is 0. The lowest BCUT2D eigenvalue weighted by Crippen LogP contribution is -2.45. The van der Waals surface area contributed by atoms with Gasteiger partial charge in [-0.2, -0.15) is 0 Å². The van der Waals surface area contributed by atoms with E-state index in [1.165, 1.54) is 0 Å². The summed E-state index contributed by atoms with van der Waals surface area (Å²) in [7, 11) is -3.40. The third kappa shape index (κ3) is 4.28. The van der Waals surface area contributed by atoms with Gasteiger partial charge >= 0.3 is 0 Å². The number of sulfonamides is 1. The molecule has 0 aliphatic carbocycles. The Kier molecular flexibility index (Phi) is 5.54. The lowest BCUT2D eigenvalue weighted by Gasteiger charge is -2.25. The van der Waals surface area contributed by atoms with E-state index in [1.807, 2.05) is 30.3 Å². The van der Waals surface area contributed by atoms with Crippen molar-refractivity contribution in [3.63, 3.8) is 0 Å². The van der Waals surface area contributed by atoms with E-state index in [0.717, 1.165) is 5.56 Å². The van der Waals surface area contributed by atoms with E-state index >= 15 is 0 Å². The van der Waals surface area contributed by atoms with Gasteiger partial charge in [0, 0.05) is 19.3 Å². The molecular weight excluding hydrogens is 278 g/mol. The van der Waals surface area contributed by atoms with E-state index in [-0.39, 0.29) is 6.61 Å². The van der Waals surface area contributed by atoms with Crippen molar-refractivity contribution in [2.75, 3.05) is 19.8 Å². The highest BCUT2D eigenvalue weighted by Crippen LogP contribution is 2.15. The first kappa shape index (κ1) is 15.4. The molecule has 1 fully saturated rings. The quantitative estimate of drug-likeness (QED) is 0.810. The van der Waals surface area contributed by atoms with Crippen LogP contribution in [0.4, 0.5) is 0 Å². The van der Waals surface area contributed by atoms with Crippen LogP contribution in [-0.4, -0.2) is 44.6 Å². The van der Waals surface area contributed by atoms with Crippen LogP contribution < -0.4 is 4.72 Å². The Balaban J connectivity index is 1.98.